The Kier molecular flexibility index (Phi) is 6.11. The largest absolute Gasteiger partial charge is 0.339 e. The Hall–Kier alpha value is -2.70. The molecule has 0 spiro atoms. The summed E-state index contributed by atoms with van der Waals surface area (Å²) in [5.74, 6) is 0.122. The van der Waals surface area contributed by atoms with E-state index in [1.807, 2.05) is 24.8 Å². The molecule has 2 bridgehead atoms. The molecule has 180 valence electrons. The average Bonchev–Trinajstić information content (AvgIpc) is 3.47. The number of piperidine rings is 1. The van der Waals surface area contributed by atoms with E-state index in [4.69, 9.17) is 0 Å². The summed E-state index contributed by atoms with van der Waals surface area (Å²) in [7, 11) is 0. The van der Waals surface area contributed by atoms with E-state index in [0.29, 0.717) is 12.1 Å². The minimum Gasteiger partial charge on any atom is -0.339 e. The van der Waals surface area contributed by atoms with Gasteiger partial charge in [0.1, 0.15) is 6.34 Å². The van der Waals surface area contributed by atoms with Crippen LogP contribution in [-0.2, 0) is 0 Å². The summed E-state index contributed by atoms with van der Waals surface area (Å²) in [5.41, 5.74) is 7.63. The topological polar surface area (TPSA) is 48.3 Å². The van der Waals surface area contributed by atoms with Gasteiger partial charge in [-0.1, -0.05) is 41.6 Å². The van der Waals surface area contributed by atoms with Crippen molar-refractivity contribution in [2.24, 2.45) is 9.98 Å². The van der Waals surface area contributed by atoms with Gasteiger partial charge in [-0.25, -0.2) is 4.99 Å². The zero-order chi connectivity index (χ0) is 23.9. The number of hydrogen-bond acceptors (Lipinski definition) is 5. The van der Waals surface area contributed by atoms with E-state index in [0.717, 1.165) is 44.6 Å². The lowest BCUT2D eigenvalue weighted by Crippen LogP contribution is -2.44. The maximum atomic E-state index is 13.1. The number of nitrogens with zero attached hydrogens (tertiary/aromatic N) is 4. The van der Waals surface area contributed by atoms with Gasteiger partial charge >= 0.3 is 0 Å². The molecule has 2 aromatic carbocycles. The van der Waals surface area contributed by atoms with Crippen LogP contribution >= 0.6 is 11.8 Å². The van der Waals surface area contributed by atoms with Crippen LogP contribution < -0.4 is 0 Å². The molecule has 2 atom stereocenters. The maximum Gasteiger partial charge on any atom is 0.253 e. The van der Waals surface area contributed by atoms with Crippen LogP contribution in [-0.4, -0.2) is 66.0 Å². The summed E-state index contributed by atoms with van der Waals surface area (Å²) >= 11 is 1.80. The lowest BCUT2D eigenvalue weighted by molar-refractivity contribution is 0.0772. The molecule has 0 saturated carbocycles. The van der Waals surface area contributed by atoms with Crippen LogP contribution in [0.4, 0.5) is 0 Å². The Bertz CT molecular complexity index is 1240. The molecule has 35 heavy (non-hydrogen) atoms. The van der Waals surface area contributed by atoms with Gasteiger partial charge in [0, 0.05) is 47.1 Å². The molecular weight excluding hydrogens is 452 g/mol. The van der Waals surface area contributed by atoms with E-state index in [1.165, 1.54) is 45.0 Å². The van der Waals surface area contributed by atoms with Crippen molar-refractivity contribution in [3.63, 3.8) is 0 Å². The van der Waals surface area contributed by atoms with Gasteiger partial charge in [-0.2, -0.15) is 0 Å². The second-order valence-corrected chi connectivity index (χ2v) is 11.0. The van der Waals surface area contributed by atoms with E-state index in [2.05, 4.69) is 51.3 Å². The van der Waals surface area contributed by atoms with Crippen molar-refractivity contribution in [2.75, 3.05) is 26.2 Å². The lowest BCUT2D eigenvalue weighted by Gasteiger charge is -2.38. The fraction of sp³-hybridized carbons (Fsp3) is 0.414. The number of rotatable bonds is 5. The van der Waals surface area contributed by atoms with Gasteiger partial charge in [0.05, 0.1) is 12.3 Å². The third kappa shape index (κ3) is 4.07. The molecule has 4 aliphatic rings. The Morgan fingerprint density at radius 1 is 1.03 bits per heavy atom. The zero-order valence-electron chi connectivity index (χ0n) is 20.5. The smallest absolute Gasteiger partial charge is 0.253 e. The van der Waals surface area contributed by atoms with Crippen molar-refractivity contribution >= 4 is 35.3 Å². The van der Waals surface area contributed by atoms with Gasteiger partial charge in [-0.05, 0) is 74.4 Å². The first-order valence-corrected chi connectivity index (χ1v) is 13.7. The van der Waals surface area contributed by atoms with Crippen molar-refractivity contribution < 1.29 is 4.79 Å². The molecule has 6 rings (SSSR count). The molecule has 0 aliphatic carbocycles. The minimum absolute atomic E-state index is 0.122. The summed E-state index contributed by atoms with van der Waals surface area (Å²) < 4.78 is 0. The Labute approximate surface area is 212 Å². The molecule has 0 radical (unpaired) electrons. The van der Waals surface area contributed by atoms with Crippen LogP contribution in [0.3, 0.4) is 0 Å². The molecular formula is C29H32N4OS. The van der Waals surface area contributed by atoms with Crippen molar-refractivity contribution in [1.29, 1.82) is 0 Å². The van der Waals surface area contributed by atoms with Gasteiger partial charge in [0.25, 0.3) is 5.91 Å². The van der Waals surface area contributed by atoms with Crippen molar-refractivity contribution in [3.05, 3.63) is 64.7 Å². The zero-order valence-corrected chi connectivity index (χ0v) is 21.4. The first-order valence-electron chi connectivity index (χ1n) is 12.9. The number of benzene rings is 2. The monoisotopic (exact) mass is 484 g/mol. The van der Waals surface area contributed by atoms with Gasteiger partial charge < -0.3 is 4.90 Å². The van der Waals surface area contributed by atoms with Gasteiger partial charge in [0.15, 0.2) is 0 Å². The van der Waals surface area contributed by atoms with Crippen molar-refractivity contribution in [1.82, 2.24) is 9.80 Å². The predicted octanol–water partition coefficient (Wildman–Crippen LogP) is 5.54. The minimum atomic E-state index is 0.122. The number of carbonyl (C=O) groups excluding carboxylic acids is 1. The molecule has 0 aromatic heterocycles. The second-order valence-electron chi connectivity index (χ2n) is 9.88. The molecule has 4 heterocycles. The number of amides is 1. The summed E-state index contributed by atoms with van der Waals surface area (Å²) in [4.78, 5) is 28.9. The SMILES string of the molecule is CCN(CC)C(=O)c1ccc2c(c1)Sc1ccccc1C2=C1CC2CCC(C1)N2CC1=NC=NC1. The van der Waals surface area contributed by atoms with Gasteiger partial charge in [0.2, 0.25) is 0 Å². The lowest BCUT2D eigenvalue weighted by atomic mass is 9.85. The second kappa shape index (κ2) is 9.40. The highest BCUT2D eigenvalue weighted by molar-refractivity contribution is 7.99. The number of carbonyl (C=O) groups is 1. The highest BCUT2D eigenvalue weighted by atomic mass is 32.2. The van der Waals surface area contributed by atoms with E-state index in [9.17, 15) is 4.79 Å². The third-order valence-corrected chi connectivity index (χ3v) is 9.11. The molecule has 1 amide bonds. The van der Waals surface area contributed by atoms with Crippen LogP contribution in [0.25, 0.3) is 5.57 Å². The highest BCUT2D eigenvalue weighted by Crippen LogP contribution is 2.50. The molecule has 4 aliphatic heterocycles. The number of fused-ring (bicyclic) bond motifs is 4. The molecule has 2 fully saturated rings. The average molecular weight is 485 g/mol. The van der Waals surface area contributed by atoms with Crippen LogP contribution in [0.15, 0.2) is 67.8 Å². The highest BCUT2D eigenvalue weighted by Gasteiger charge is 2.40. The van der Waals surface area contributed by atoms with E-state index in [1.54, 1.807) is 23.7 Å². The molecule has 2 unspecified atom stereocenters. The fourth-order valence-corrected chi connectivity index (χ4v) is 7.35. The first-order chi connectivity index (χ1) is 17.2. The fourth-order valence-electron chi connectivity index (χ4n) is 6.23. The summed E-state index contributed by atoms with van der Waals surface area (Å²) in [6.07, 6.45) is 6.45. The van der Waals surface area contributed by atoms with E-state index < -0.39 is 0 Å². The molecule has 2 aromatic rings. The Morgan fingerprint density at radius 3 is 2.49 bits per heavy atom. The summed E-state index contributed by atoms with van der Waals surface area (Å²) in [5, 5.41) is 0. The third-order valence-electron chi connectivity index (χ3n) is 7.97. The Balaban J connectivity index is 1.37. The molecule has 0 N–H and O–H groups in total. The number of hydrogen-bond donors (Lipinski definition) is 0. The van der Waals surface area contributed by atoms with Crippen LogP contribution in [0.2, 0.25) is 0 Å². The van der Waals surface area contributed by atoms with Crippen molar-refractivity contribution in [3.8, 4) is 0 Å². The van der Waals surface area contributed by atoms with E-state index >= 15 is 0 Å². The van der Waals surface area contributed by atoms with Crippen LogP contribution in [0.5, 0.6) is 0 Å². The van der Waals surface area contributed by atoms with Gasteiger partial charge in [-0.15, -0.1) is 0 Å². The van der Waals surface area contributed by atoms with Crippen molar-refractivity contribution in [2.45, 2.75) is 61.4 Å². The quantitative estimate of drug-likeness (QED) is 0.477. The van der Waals surface area contributed by atoms with Gasteiger partial charge in [-0.3, -0.25) is 14.7 Å². The van der Waals surface area contributed by atoms with Crippen LogP contribution in [0, 0.1) is 0 Å². The number of aliphatic imine (C=N–C) groups is 2. The molecule has 5 nitrogen and oxygen atoms in total. The van der Waals surface area contributed by atoms with E-state index in [-0.39, 0.29) is 5.91 Å². The summed E-state index contributed by atoms with van der Waals surface area (Å²) in [6.45, 7) is 7.26. The predicted molar refractivity (Wildman–Crippen MR) is 144 cm³/mol. The first kappa shape index (κ1) is 22.7. The van der Waals surface area contributed by atoms with Crippen LogP contribution in [0.1, 0.15) is 61.0 Å². The maximum absolute atomic E-state index is 13.1. The standard InChI is InChI=1S/C29H32N4OS/c1-3-32(4-2)29(34)19-9-12-25-27(15-19)35-26-8-6-5-7-24(26)28(25)20-13-22-10-11-23(14-20)33(22)17-21-16-30-18-31-21/h5-9,12,15,18,22-23H,3-4,10-11,13-14,16-17H2,1-2H3. The Morgan fingerprint density at radius 2 is 1.77 bits per heavy atom. The molecule has 6 heteroatoms. The summed E-state index contributed by atoms with van der Waals surface area (Å²) in [6, 6.07) is 16.3. The molecule has 2 saturated heterocycles. The normalized spacial score (nSPS) is 22.7.